The second-order valence-corrected chi connectivity index (χ2v) is 12.7. The van der Waals surface area contributed by atoms with Gasteiger partial charge in [-0.3, -0.25) is 9.78 Å². The van der Waals surface area contributed by atoms with Crippen molar-refractivity contribution in [3.05, 3.63) is 66.1 Å². The van der Waals surface area contributed by atoms with E-state index < -0.39 is 18.4 Å². The summed E-state index contributed by atoms with van der Waals surface area (Å²) in [5.74, 6) is -0.390. The Hall–Kier alpha value is -3.95. The van der Waals surface area contributed by atoms with Gasteiger partial charge in [0, 0.05) is 59.2 Å². The first kappa shape index (κ1) is 26.5. The van der Waals surface area contributed by atoms with Crippen molar-refractivity contribution in [2.24, 2.45) is 0 Å². The molecule has 0 N–H and O–H groups in total. The fraction of sp³-hybridized carbons (Fsp3) is 0.382. The van der Waals surface area contributed by atoms with Crippen molar-refractivity contribution in [2.45, 2.75) is 43.9 Å². The van der Waals surface area contributed by atoms with E-state index in [-0.39, 0.29) is 35.2 Å². The van der Waals surface area contributed by atoms with Crippen LogP contribution in [0.2, 0.25) is 5.02 Å². The third-order valence-electron chi connectivity index (χ3n) is 9.89. The Kier molecular flexibility index (Phi) is 6.20. The molecule has 2 aromatic carbocycles. The Labute approximate surface area is 262 Å². The lowest BCUT2D eigenvalue weighted by Gasteiger charge is -2.55. The molecule has 4 aliphatic heterocycles. The lowest BCUT2D eigenvalue weighted by atomic mass is 9.94. The predicted octanol–water partition coefficient (Wildman–Crippen LogP) is 5.51. The molecule has 2 aromatic heterocycles. The molecular weight excluding hydrogens is 579 g/mol. The number of piperazine rings is 1. The normalized spacial score (nSPS) is 26.8. The second kappa shape index (κ2) is 10.3. The minimum Gasteiger partial charge on any atom is -0.474 e. The van der Waals surface area contributed by atoms with Crippen molar-refractivity contribution in [3.8, 4) is 17.1 Å². The van der Waals surface area contributed by atoms with Gasteiger partial charge in [0.15, 0.2) is 5.82 Å². The lowest BCUT2D eigenvalue weighted by Crippen LogP contribution is -2.67. The smallest absolute Gasteiger partial charge is 0.246 e. The van der Waals surface area contributed by atoms with Crippen LogP contribution in [0.1, 0.15) is 21.1 Å². The zero-order valence-electron chi connectivity index (χ0n) is 25.7. The number of pyridine rings is 2. The number of hydrogen-bond donors (Lipinski definition) is 0. The standard InChI is InChI=1S/C34H34ClFN6O2/c1-4-27(43)40-16-21-17-42-26(25-12-7-13-39(25)3)18-44-34-33(42)32(41(21)15-19(40)2)23-14-37-30(29(36)31(23)38-34)22-10-5-8-20-9-6-11-24(35)28(20)22/h4-6,8-11,14,19,21,25-26H,1,7,12-13,15-18H2,2-3H3/t19-,21+,25+,26+/m1/s1/i15D/t15?,19-,21+,25+,26+. The van der Waals surface area contributed by atoms with Gasteiger partial charge in [0.05, 0.1) is 19.1 Å². The molecule has 2 saturated heterocycles. The van der Waals surface area contributed by atoms with E-state index in [1.165, 1.54) is 6.08 Å². The average molecular weight is 614 g/mol. The quantitative estimate of drug-likeness (QED) is 0.282. The highest BCUT2D eigenvalue weighted by Gasteiger charge is 2.48. The molecule has 6 heterocycles. The molecule has 0 spiro atoms. The molecule has 4 aliphatic rings. The van der Waals surface area contributed by atoms with Crippen LogP contribution < -0.4 is 14.5 Å². The first-order chi connectivity index (χ1) is 21.8. The number of nitrogens with zero attached hydrogens (tertiary/aromatic N) is 6. The van der Waals surface area contributed by atoms with Gasteiger partial charge in [-0.05, 0) is 50.9 Å². The van der Waals surface area contributed by atoms with Gasteiger partial charge >= 0.3 is 0 Å². The number of benzene rings is 2. The Morgan fingerprint density at radius 2 is 2.00 bits per heavy atom. The Bertz CT molecular complexity index is 1890. The van der Waals surface area contributed by atoms with Crippen LogP contribution in [0, 0.1) is 5.82 Å². The molecule has 0 aliphatic carbocycles. The van der Waals surface area contributed by atoms with Crippen LogP contribution >= 0.6 is 11.6 Å². The van der Waals surface area contributed by atoms with E-state index in [0.29, 0.717) is 47.2 Å². The van der Waals surface area contributed by atoms with E-state index in [0.717, 1.165) is 35.8 Å². The van der Waals surface area contributed by atoms with Crippen molar-refractivity contribution in [2.75, 3.05) is 49.6 Å². The van der Waals surface area contributed by atoms with Gasteiger partial charge in [0.2, 0.25) is 11.8 Å². The summed E-state index contributed by atoms with van der Waals surface area (Å²) in [7, 11) is 2.15. The van der Waals surface area contributed by atoms with Crippen LogP contribution in [0.25, 0.3) is 32.9 Å². The van der Waals surface area contributed by atoms with Gasteiger partial charge < -0.3 is 24.3 Å². The molecular formula is C34H34ClFN6O2. The van der Waals surface area contributed by atoms with Gasteiger partial charge in [-0.1, -0.05) is 48.5 Å². The zero-order chi connectivity index (χ0) is 31.1. The van der Waals surface area contributed by atoms with Crippen LogP contribution in [0.4, 0.5) is 15.8 Å². The fourth-order valence-electron chi connectivity index (χ4n) is 7.79. The average Bonchev–Trinajstić information content (AvgIpc) is 3.48. The van der Waals surface area contributed by atoms with Crippen LogP contribution in [0.5, 0.6) is 5.88 Å². The van der Waals surface area contributed by atoms with Crippen LogP contribution in [0.15, 0.2) is 55.3 Å². The number of anilines is 2. The van der Waals surface area contributed by atoms with E-state index in [2.05, 4.69) is 23.4 Å². The Morgan fingerprint density at radius 1 is 1.18 bits per heavy atom. The molecule has 0 saturated carbocycles. The summed E-state index contributed by atoms with van der Waals surface area (Å²) in [6.07, 6.45) is 5.16. The first-order valence-electron chi connectivity index (χ1n) is 15.8. The van der Waals surface area contributed by atoms with Crippen molar-refractivity contribution in [1.82, 2.24) is 19.8 Å². The van der Waals surface area contributed by atoms with Crippen molar-refractivity contribution in [1.29, 1.82) is 0 Å². The highest BCUT2D eigenvalue weighted by molar-refractivity contribution is 6.36. The van der Waals surface area contributed by atoms with Crippen molar-refractivity contribution >= 4 is 50.6 Å². The summed E-state index contributed by atoms with van der Waals surface area (Å²) in [4.78, 5) is 31.0. The molecule has 226 valence electrons. The van der Waals surface area contributed by atoms with Crippen LogP contribution in [-0.2, 0) is 4.79 Å². The second-order valence-electron chi connectivity index (χ2n) is 12.3. The van der Waals surface area contributed by atoms with E-state index >= 15 is 4.39 Å². The number of aromatic nitrogens is 2. The summed E-state index contributed by atoms with van der Waals surface area (Å²) in [6, 6.07) is 10.9. The van der Waals surface area contributed by atoms with E-state index in [1.807, 2.05) is 42.2 Å². The summed E-state index contributed by atoms with van der Waals surface area (Å²) in [5, 5.41) is 2.65. The minimum absolute atomic E-state index is 0.0483. The first-order valence-corrected chi connectivity index (χ1v) is 15.6. The monoisotopic (exact) mass is 613 g/mol. The number of rotatable bonds is 3. The number of ether oxygens (including phenoxy) is 1. The van der Waals surface area contributed by atoms with Crippen LogP contribution in [-0.4, -0.2) is 89.7 Å². The third kappa shape index (κ3) is 4.02. The van der Waals surface area contributed by atoms with Crippen molar-refractivity contribution in [3.63, 3.8) is 0 Å². The molecule has 4 aromatic rings. The molecule has 0 bridgehead atoms. The number of likely N-dealkylation sites (N-methyl/N-ethyl adjacent to an activating group) is 1. The van der Waals surface area contributed by atoms with E-state index in [4.69, 9.17) is 26.3 Å². The number of amides is 1. The third-order valence-corrected chi connectivity index (χ3v) is 10.2. The topological polar surface area (TPSA) is 65.0 Å². The Morgan fingerprint density at radius 3 is 2.77 bits per heavy atom. The summed E-state index contributed by atoms with van der Waals surface area (Å²) >= 11 is 6.62. The van der Waals surface area contributed by atoms with E-state index in [1.54, 1.807) is 17.2 Å². The number of halogens is 2. The molecule has 0 radical (unpaired) electrons. The molecule has 5 atom stereocenters. The maximum absolute atomic E-state index is 16.8. The largest absolute Gasteiger partial charge is 0.474 e. The maximum atomic E-state index is 16.8. The lowest BCUT2D eigenvalue weighted by molar-refractivity contribution is -0.128. The Balaban J connectivity index is 1.35. The summed E-state index contributed by atoms with van der Waals surface area (Å²) in [5.41, 5.74) is 2.36. The molecule has 8 rings (SSSR count). The fourth-order valence-corrected chi connectivity index (χ4v) is 8.07. The summed E-state index contributed by atoms with van der Waals surface area (Å²) in [6.45, 7) is 7.23. The van der Waals surface area contributed by atoms with Gasteiger partial charge in [0.25, 0.3) is 0 Å². The SMILES string of the molecule is [2H]C1[C@@H](C)N(C(=O)C=C)C[C@H]2CN3c4c(nc5c(F)c(-c6cccc7cccc(Cl)c67)ncc5c4N12)OC[C@H]3[C@@H]1CCCN1C. The highest BCUT2D eigenvalue weighted by Crippen LogP contribution is 2.51. The van der Waals surface area contributed by atoms with Gasteiger partial charge in [-0.25, -0.2) is 9.37 Å². The van der Waals surface area contributed by atoms with Crippen molar-refractivity contribution < 1.29 is 15.3 Å². The molecule has 1 unspecified atom stereocenters. The van der Waals surface area contributed by atoms with E-state index in [9.17, 15) is 6.17 Å². The minimum atomic E-state index is -0.807. The molecule has 8 nitrogen and oxygen atoms in total. The number of likely N-dealkylation sites (tertiary alicyclic amines) is 1. The number of carbonyl (C=O) groups excluding carboxylic acids is 1. The molecule has 44 heavy (non-hydrogen) atoms. The maximum Gasteiger partial charge on any atom is 0.246 e. The predicted molar refractivity (Wildman–Crippen MR) is 172 cm³/mol. The summed E-state index contributed by atoms with van der Waals surface area (Å²) < 4.78 is 32.6. The molecule has 10 heteroatoms. The van der Waals surface area contributed by atoms with Gasteiger partial charge in [-0.15, -0.1) is 0 Å². The molecule has 2 fully saturated rings. The van der Waals surface area contributed by atoms with Gasteiger partial charge in [-0.2, -0.15) is 0 Å². The molecule has 1 amide bonds. The number of fused-ring (bicyclic) bond motifs is 5. The van der Waals surface area contributed by atoms with Gasteiger partial charge in [0.1, 0.15) is 23.5 Å². The van der Waals surface area contributed by atoms with Crippen LogP contribution in [0.3, 0.4) is 0 Å². The number of hydrogen-bond acceptors (Lipinski definition) is 7. The highest BCUT2D eigenvalue weighted by atomic mass is 35.5. The zero-order valence-corrected chi connectivity index (χ0v) is 25.5. The number of carbonyl (C=O) groups is 1.